The first kappa shape index (κ1) is 12.3. The molecular weight excluding hydrogens is 260 g/mol. The van der Waals surface area contributed by atoms with E-state index in [1.807, 2.05) is 24.3 Å². The van der Waals surface area contributed by atoms with Crippen LogP contribution in [0.5, 0.6) is 11.5 Å². The maximum absolute atomic E-state index is 5.66. The molecule has 102 valence electrons. The summed E-state index contributed by atoms with van der Waals surface area (Å²) in [5.74, 6) is 1.28. The van der Waals surface area contributed by atoms with Crippen LogP contribution in [0.2, 0.25) is 0 Å². The summed E-state index contributed by atoms with van der Waals surface area (Å²) in [6, 6.07) is 10.9. The molecule has 0 saturated heterocycles. The van der Waals surface area contributed by atoms with Gasteiger partial charge in [-0.3, -0.25) is 0 Å². The van der Waals surface area contributed by atoms with Gasteiger partial charge in [-0.05, 0) is 12.1 Å². The van der Waals surface area contributed by atoms with E-state index in [0.29, 0.717) is 24.7 Å². The first-order valence-corrected chi connectivity index (χ1v) is 6.05. The normalized spacial score (nSPS) is 10.4. The molecule has 3 aromatic rings. The molecule has 2 aromatic heterocycles. The zero-order valence-electron chi connectivity index (χ0n) is 10.6. The van der Waals surface area contributed by atoms with Crippen LogP contribution >= 0.6 is 0 Å². The molecule has 0 aliphatic rings. The summed E-state index contributed by atoms with van der Waals surface area (Å²) in [4.78, 5) is 0. The van der Waals surface area contributed by atoms with Crippen molar-refractivity contribution >= 4 is 0 Å². The Hall–Kier alpha value is -2.76. The monoisotopic (exact) mass is 272 g/mol. The average Bonchev–Trinajstić information content (AvgIpc) is 3.17. The van der Waals surface area contributed by atoms with Crippen molar-refractivity contribution in [3.05, 3.63) is 60.3 Å². The summed E-state index contributed by atoms with van der Waals surface area (Å²) < 4.78 is 20.8. The van der Waals surface area contributed by atoms with Gasteiger partial charge in [0.1, 0.15) is 37.1 Å². The molecule has 6 heteroatoms. The van der Waals surface area contributed by atoms with E-state index >= 15 is 0 Å². The van der Waals surface area contributed by atoms with E-state index in [1.54, 1.807) is 12.1 Å². The number of hydrogen-bond donors (Lipinski definition) is 0. The summed E-state index contributed by atoms with van der Waals surface area (Å²) in [5.41, 5.74) is 1.44. The number of para-hydroxylation sites is 2. The van der Waals surface area contributed by atoms with Crippen molar-refractivity contribution in [2.75, 3.05) is 0 Å². The number of hydrogen-bond acceptors (Lipinski definition) is 6. The molecule has 0 fully saturated rings. The van der Waals surface area contributed by atoms with Crippen molar-refractivity contribution in [3.63, 3.8) is 0 Å². The molecule has 3 rings (SSSR count). The van der Waals surface area contributed by atoms with Crippen LogP contribution in [0, 0.1) is 0 Å². The van der Waals surface area contributed by atoms with Gasteiger partial charge in [0.2, 0.25) is 0 Å². The lowest BCUT2D eigenvalue weighted by molar-refractivity contribution is 0.244. The van der Waals surface area contributed by atoms with Crippen LogP contribution in [0.4, 0.5) is 0 Å². The van der Waals surface area contributed by atoms with Crippen molar-refractivity contribution in [2.45, 2.75) is 13.2 Å². The van der Waals surface area contributed by atoms with E-state index in [1.165, 1.54) is 12.5 Å². The third-order valence-electron chi connectivity index (χ3n) is 2.58. The Bertz CT molecular complexity index is 578. The van der Waals surface area contributed by atoms with E-state index in [0.717, 1.165) is 11.4 Å². The van der Waals surface area contributed by atoms with Gasteiger partial charge >= 0.3 is 0 Å². The van der Waals surface area contributed by atoms with Crippen LogP contribution in [0.15, 0.2) is 58.0 Å². The zero-order chi connectivity index (χ0) is 13.6. The number of aromatic nitrogens is 2. The Balaban J connectivity index is 1.64. The second-order valence-electron chi connectivity index (χ2n) is 4.01. The highest BCUT2D eigenvalue weighted by molar-refractivity contribution is 5.39. The highest BCUT2D eigenvalue weighted by Gasteiger charge is 2.07. The van der Waals surface area contributed by atoms with E-state index in [4.69, 9.17) is 18.5 Å². The third kappa shape index (κ3) is 2.97. The van der Waals surface area contributed by atoms with Crippen LogP contribution in [0.1, 0.15) is 11.4 Å². The highest BCUT2D eigenvalue weighted by atomic mass is 16.5. The fraction of sp³-hybridized carbons (Fsp3) is 0.143. The Kier molecular flexibility index (Phi) is 3.64. The minimum atomic E-state index is 0.320. The largest absolute Gasteiger partial charge is 0.483 e. The van der Waals surface area contributed by atoms with Crippen LogP contribution in [0.25, 0.3) is 0 Å². The molecule has 0 spiro atoms. The van der Waals surface area contributed by atoms with Gasteiger partial charge in [-0.1, -0.05) is 22.4 Å². The summed E-state index contributed by atoms with van der Waals surface area (Å²) in [6.45, 7) is 0.641. The molecule has 6 nitrogen and oxygen atoms in total. The number of rotatable bonds is 6. The fourth-order valence-corrected chi connectivity index (χ4v) is 1.62. The summed E-state index contributed by atoms with van der Waals surface area (Å²) >= 11 is 0. The minimum Gasteiger partial charge on any atom is -0.483 e. The Morgan fingerprint density at radius 3 is 1.65 bits per heavy atom. The molecule has 2 heterocycles. The van der Waals surface area contributed by atoms with E-state index in [9.17, 15) is 0 Å². The topological polar surface area (TPSA) is 70.5 Å². The van der Waals surface area contributed by atoms with Gasteiger partial charge in [-0.2, -0.15) is 0 Å². The van der Waals surface area contributed by atoms with Gasteiger partial charge in [0.15, 0.2) is 11.5 Å². The number of nitrogens with zero attached hydrogens (tertiary/aromatic N) is 2. The van der Waals surface area contributed by atoms with Crippen LogP contribution in [0.3, 0.4) is 0 Å². The van der Waals surface area contributed by atoms with Gasteiger partial charge in [0.05, 0.1) is 0 Å². The maximum atomic E-state index is 5.66. The lowest BCUT2D eigenvalue weighted by atomic mass is 10.3. The predicted molar refractivity (Wildman–Crippen MR) is 68.1 cm³/mol. The van der Waals surface area contributed by atoms with E-state index < -0.39 is 0 Å². The van der Waals surface area contributed by atoms with Crippen LogP contribution in [-0.2, 0) is 13.2 Å². The molecule has 0 atom stereocenters. The predicted octanol–water partition coefficient (Wildman–Crippen LogP) is 2.82. The van der Waals surface area contributed by atoms with Crippen molar-refractivity contribution in [2.24, 2.45) is 0 Å². The van der Waals surface area contributed by atoms with Crippen molar-refractivity contribution in [1.29, 1.82) is 0 Å². The van der Waals surface area contributed by atoms with Crippen LogP contribution in [-0.4, -0.2) is 10.3 Å². The molecule has 20 heavy (non-hydrogen) atoms. The molecule has 1 aromatic carbocycles. The third-order valence-corrected chi connectivity index (χ3v) is 2.58. The second kappa shape index (κ2) is 5.92. The minimum absolute atomic E-state index is 0.320. The molecule has 0 radical (unpaired) electrons. The Labute approximate surface area is 114 Å². The average molecular weight is 272 g/mol. The molecular formula is C14H12N2O4. The van der Waals surface area contributed by atoms with Crippen molar-refractivity contribution in [3.8, 4) is 11.5 Å². The van der Waals surface area contributed by atoms with Gasteiger partial charge in [0, 0.05) is 12.1 Å². The molecule has 0 aliphatic heterocycles. The van der Waals surface area contributed by atoms with Gasteiger partial charge in [-0.25, -0.2) is 0 Å². The molecule has 0 bridgehead atoms. The Morgan fingerprint density at radius 1 is 0.750 bits per heavy atom. The number of ether oxygens (including phenoxy) is 2. The van der Waals surface area contributed by atoms with Crippen LogP contribution < -0.4 is 9.47 Å². The van der Waals surface area contributed by atoms with Gasteiger partial charge < -0.3 is 18.5 Å². The molecule has 0 saturated carbocycles. The second-order valence-corrected chi connectivity index (χ2v) is 4.01. The smallest absolute Gasteiger partial charge is 0.161 e. The molecule has 0 N–H and O–H groups in total. The molecule has 0 unspecified atom stereocenters. The SMILES string of the molecule is c1ccc(OCc2ccon2)c(OCc2ccon2)c1. The van der Waals surface area contributed by atoms with Crippen molar-refractivity contribution < 1.29 is 18.5 Å². The van der Waals surface area contributed by atoms with Gasteiger partial charge in [0.25, 0.3) is 0 Å². The Morgan fingerprint density at radius 2 is 1.25 bits per heavy atom. The quantitative estimate of drug-likeness (QED) is 0.687. The highest BCUT2D eigenvalue weighted by Crippen LogP contribution is 2.27. The first-order valence-electron chi connectivity index (χ1n) is 6.05. The van der Waals surface area contributed by atoms with Gasteiger partial charge in [-0.15, -0.1) is 0 Å². The lowest BCUT2D eigenvalue weighted by Gasteiger charge is -2.10. The lowest BCUT2D eigenvalue weighted by Crippen LogP contribution is -2.00. The fourth-order valence-electron chi connectivity index (χ4n) is 1.62. The maximum Gasteiger partial charge on any atom is 0.161 e. The molecule has 0 aliphatic carbocycles. The summed E-state index contributed by atoms with van der Waals surface area (Å²) in [5, 5.41) is 7.57. The van der Waals surface area contributed by atoms with E-state index in [2.05, 4.69) is 10.3 Å². The standard InChI is InChI=1S/C14H12N2O4/c1-2-4-14(18-10-12-6-8-20-16-12)13(3-1)17-9-11-5-7-19-15-11/h1-8H,9-10H2. The summed E-state index contributed by atoms with van der Waals surface area (Å²) in [6.07, 6.45) is 3.01. The zero-order valence-corrected chi connectivity index (χ0v) is 10.6. The number of benzene rings is 1. The summed E-state index contributed by atoms with van der Waals surface area (Å²) in [7, 11) is 0. The molecule has 0 amide bonds. The first-order chi connectivity index (χ1) is 9.92. The van der Waals surface area contributed by atoms with E-state index in [-0.39, 0.29) is 0 Å². The van der Waals surface area contributed by atoms with Crippen molar-refractivity contribution in [1.82, 2.24) is 10.3 Å².